The van der Waals surface area contributed by atoms with Crippen LogP contribution in [0.1, 0.15) is 23.1 Å². The summed E-state index contributed by atoms with van der Waals surface area (Å²) < 4.78 is 0. The molecule has 0 fully saturated rings. The highest BCUT2D eigenvalue weighted by Gasteiger charge is 2.38. The lowest BCUT2D eigenvalue weighted by molar-refractivity contribution is -0.385. The number of para-hydroxylation sites is 2. The third-order valence-electron chi connectivity index (χ3n) is 4.31. The fourth-order valence-electron chi connectivity index (χ4n) is 3.25. The Morgan fingerprint density at radius 2 is 1.74 bits per heavy atom. The quantitative estimate of drug-likeness (QED) is 0.403. The van der Waals surface area contributed by atoms with Crippen LogP contribution < -0.4 is 5.32 Å². The molecule has 116 valence electrons. The average Bonchev–Trinajstić information content (AvgIpc) is 2.59. The fourth-order valence-corrected chi connectivity index (χ4v) is 3.25. The number of carbonyl (C=O) groups excluding carboxylic acids is 1. The van der Waals surface area contributed by atoms with E-state index in [4.69, 9.17) is 0 Å². The van der Waals surface area contributed by atoms with Gasteiger partial charge in [-0.1, -0.05) is 42.5 Å². The highest BCUT2D eigenvalue weighted by Crippen LogP contribution is 2.45. The SMILES string of the molecule is C=C[C@@H]1c2ccccc2N[C@H](c2ccccc2[N+](=O)[O-])[C@H]1C=O. The van der Waals surface area contributed by atoms with Crippen molar-refractivity contribution in [3.05, 3.63) is 82.4 Å². The van der Waals surface area contributed by atoms with Gasteiger partial charge in [-0.25, -0.2) is 0 Å². The summed E-state index contributed by atoms with van der Waals surface area (Å²) in [5.41, 5.74) is 2.38. The molecule has 5 nitrogen and oxygen atoms in total. The third kappa shape index (κ3) is 2.50. The number of hydrogen-bond donors (Lipinski definition) is 1. The van der Waals surface area contributed by atoms with Crippen molar-refractivity contribution in [2.24, 2.45) is 5.92 Å². The first-order chi connectivity index (χ1) is 11.2. The number of hydrogen-bond acceptors (Lipinski definition) is 4. The van der Waals surface area contributed by atoms with E-state index in [-0.39, 0.29) is 11.6 Å². The van der Waals surface area contributed by atoms with Crippen LogP contribution in [0.4, 0.5) is 11.4 Å². The Morgan fingerprint density at radius 3 is 2.39 bits per heavy atom. The zero-order valence-electron chi connectivity index (χ0n) is 12.4. The number of nitrogens with zero attached hydrogens (tertiary/aromatic N) is 1. The molecule has 0 spiro atoms. The zero-order chi connectivity index (χ0) is 16.4. The topological polar surface area (TPSA) is 72.2 Å². The number of anilines is 1. The molecule has 0 radical (unpaired) electrons. The van der Waals surface area contributed by atoms with Crippen molar-refractivity contribution < 1.29 is 9.72 Å². The first-order valence-corrected chi connectivity index (χ1v) is 7.34. The minimum atomic E-state index is -0.466. The standard InChI is InChI=1S/C18H16N2O3/c1-2-12-13-7-3-5-9-16(13)19-18(15(12)11-21)14-8-4-6-10-17(14)20(22)23/h2-12,15,18-19H,1H2/t12-,15+,18-/m1/s1. The van der Waals surface area contributed by atoms with Gasteiger partial charge >= 0.3 is 0 Å². The average molecular weight is 308 g/mol. The molecule has 2 aromatic rings. The Labute approximate surface area is 133 Å². The van der Waals surface area contributed by atoms with Crippen molar-refractivity contribution in [1.82, 2.24) is 0 Å². The van der Waals surface area contributed by atoms with Gasteiger partial charge in [-0.05, 0) is 11.6 Å². The van der Waals surface area contributed by atoms with E-state index >= 15 is 0 Å². The lowest BCUT2D eigenvalue weighted by Gasteiger charge is -2.36. The molecule has 1 N–H and O–H groups in total. The number of fused-ring (bicyclic) bond motifs is 1. The van der Waals surface area contributed by atoms with Crippen molar-refractivity contribution in [3.63, 3.8) is 0 Å². The Bertz CT molecular complexity index is 772. The lowest BCUT2D eigenvalue weighted by atomic mass is 9.75. The first kappa shape index (κ1) is 15.0. The van der Waals surface area contributed by atoms with Gasteiger partial charge in [0.1, 0.15) is 6.29 Å². The van der Waals surface area contributed by atoms with E-state index in [1.165, 1.54) is 6.07 Å². The lowest BCUT2D eigenvalue weighted by Crippen LogP contribution is -2.32. The smallest absolute Gasteiger partial charge is 0.274 e. The Morgan fingerprint density at radius 1 is 1.09 bits per heavy atom. The number of allylic oxidation sites excluding steroid dienone is 1. The molecule has 0 saturated carbocycles. The van der Waals surface area contributed by atoms with Crippen LogP contribution >= 0.6 is 0 Å². The number of benzene rings is 2. The number of nitrogens with one attached hydrogen (secondary N) is 1. The molecule has 1 aliphatic rings. The summed E-state index contributed by atoms with van der Waals surface area (Å²) >= 11 is 0. The van der Waals surface area contributed by atoms with Crippen LogP contribution in [0.3, 0.4) is 0 Å². The summed E-state index contributed by atoms with van der Waals surface area (Å²) in [5.74, 6) is -0.640. The molecule has 0 bridgehead atoms. The largest absolute Gasteiger partial charge is 0.377 e. The van der Waals surface area contributed by atoms with Crippen molar-refractivity contribution in [3.8, 4) is 0 Å². The minimum absolute atomic E-state index is 0.0130. The minimum Gasteiger partial charge on any atom is -0.377 e. The number of rotatable bonds is 4. The zero-order valence-corrected chi connectivity index (χ0v) is 12.4. The van der Waals surface area contributed by atoms with Gasteiger partial charge in [-0.15, -0.1) is 6.58 Å². The van der Waals surface area contributed by atoms with E-state index in [0.717, 1.165) is 17.5 Å². The van der Waals surface area contributed by atoms with Gasteiger partial charge in [0, 0.05) is 23.6 Å². The van der Waals surface area contributed by atoms with Crippen molar-refractivity contribution in [2.75, 3.05) is 5.32 Å². The first-order valence-electron chi connectivity index (χ1n) is 7.34. The van der Waals surface area contributed by atoms with Crippen LogP contribution in [0, 0.1) is 16.0 Å². The molecule has 5 heteroatoms. The van der Waals surface area contributed by atoms with Crippen molar-refractivity contribution >= 4 is 17.7 Å². The molecule has 0 aromatic heterocycles. The summed E-state index contributed by atoms with van der Waals surface area (Å²) in [6, 6.07) is 13.7. The molecule has 2 aromatic carbocycles. The highest BCUT2D eigenvalue weighted by atomic mass is 16.6. The number of carbonyl (C=O) groups is 1. The van der Waals surface area contributed by atoms with Crippen LogP contribution in [0.2, 0.25) is 0 Å². The van der Waals surface area contributed by atoms with Crippen LogP contribution in [0.5, 0.6) is 0 Å². The molecule has 0 aliphatic carbocycles. The maximum absolute atomic E-state index is 11.7. The number of nitro benzene ring substituents is 1. The van der Waals surface area contributed by atoms with Crippen molar-refractivity contribution in [2.45, 2.75) is 12.0 Å². The highest BCUT2D eigenvalue weighted by molar-refractivity contribution is 5.69. The van der Waals surface area contributed by atoms with Crippen molar-refractivity contribution in [1.29, 1.82) is 0 Å². The second kappa shape index (κ2) is 6.04. The maximum Gasteiger partial charge on any atom is 0.274 e. The summed E-state index contributed by atoms with van der Waals surface area (Å²) in [4.78, 5) is 22.7. The Hall–Kier alpha value is -2.95. The predicted octanol–water partition coefficient (Wildman–Crippen LogP) is 3.85. The number of nitro groups is 1. The van der Waals surface area contributed by atoms with E-state index in [0.29, 0.717) is 5.56 Å². The van der Waals surface area contributed by atoms with E-state index in [9.17, 15) is 14.9 Å². The summed E-state index contributed by atoms with van der Waals surface area (Å²) in [5, 5.41) is 14.6. The molecular formula is C18H16N2O3. The van der Waals surface area contributed by atoms with Gasteiger partial charge in [0.2, 0.25) is 0 Å². The van der Waals surface area contributed by atoms with E-state index in [2.05, 4.69) is 11.9 Å². The molecule has 0 amide bonds. The van der Waals surface area contributed by atoms with Gasteiger partial charge < -0.3 is 10.1 Å². The summed E-state index contributed by atoms with van der Waals surface area (Å²) in [7, 11) is 0. The molecule has 3 atom stereocenters. The van der Waals surface area contributed by atoms with Crippen LogP contribution in [0.25, 0.3) is 0 Å². The molecule has 23 heavy (non-hydrogen) atoms. The van der Waals surface area contributed by atoms with Crippen LogP contribution in [-0.4, -0.2) is 11.2 Å². The molecule has 1 aliphatic heterocycles. The normalized spacial score (nSPS) is 22.5. The summed E-state index contributed by atoms with van der Waals surface area (Å²) in [6.45, 7) is 3.85. The number of aldehydes is 1. The van der Waals surface area contributed by atoms with Gasteiger partial charge in [0.15, 0.2) is 0 Å². The Kier molecular flexibility index (Phi) is 3.93. The van der Waals surface area contributed by atoms with E-state index < -0.39 is 16.9 Å². The third-order valence-corrected chi connectivity index (χ3v) is 4.31. The molecular weight excluding hydrogens is 292 g/mol. The molecule has 0 unspecified atom stereocenters. The second-order valence-electron chi connectivity index (χ2n) is 5.50. The van der Waals surface area contributed by atoms with E-state index in [1.54, 1.807) is 24.3 Å². The van der Waals surface area contributed by atoms with Gasteiger partial charge in [-0.3, -0.25) is 10.1 Å². The molecule has 1 heterocycles. The van der Waals surface area contributed by atoms with Gasteiger partial charge in [0.05, 0.1) is 16.5 Å². The van der Waals surface area contributed by atoms with Gasteiger partial charge in [0.25, 0.3) is 5.69 Å². The van der Waals surface area contributed by atoms with E-state index in [1.807, 2.05) is 24.3 Å². The predicted molar refractivity (Wildman–Crippen MR) is 88.4 cm³/mol. The fraction of sp³-hybridized carbons (Fsp3) is 0.167. The molecule has 0 saturated heterocycles. The maximum atomic E-state index is 11.7. The van der Waals surface area contributed by atoms with Crippen LogP contribution in [-0.2, 0) is 4.79 Å². The Balaban J connectivity index is 2.15. The summed E-state index contributed by atoms with van der Waals surface area (Å²) in [6.07, 6.45) is 2.59. The monoisotopic (exact) mass is 308 g/mol. The van der Waals surface area contributed by atoms with Crippen LogP contribution in [0.15, 0.2) is 61.2 Å². The molecule has 3 rings (SSSR count). The second-order valence-corrected chi connectivity index (χ2v) is 5.50. The van der Waals surface area contributed by atoms with Gasteiger partial charge in [-0.2, -0.15) is 0 Å².